The van der Waals surface area contributed by atoms with Crippen molar-refractivity contribution in [2.75, 3.05) is 5.88 Å². The lowest BCUT2D eigenvalue weighted by Crippen LogP contribution is -2.33. The Hall–Kier alpha value is 0.250. The third kappa shape index (κ3) is 3.14. The molecule has 0 saturated carbocycles. The molecule has 0 amide bonds. The largest absolute Gasteiger partial charge is 0.281 e. The summed E-state index contributed by atoms with van der Waals surface area (Å²) in [6, 6.07) is 0. The molecule has 0 N–H and O–H groups in total. The lowest BCUT2D eigenvalue weighted by molar-refractivity contribution is -0.123. The average Bonchev–Trinajstić information content (AvgIpc) is 2.05. The molecule has 0 fully saturated rings. The van der Waals surface area contributed by atoms with Crippen LogP contribution in [0.4, 0.5) is 0 Å². The number of carbonyl (C=O) groups is 1. The molecule has 0 heterocycles. The van der Waals surface area contributed by atoms with Crippen molar-refractivity contribution in [1.82, 2.24) is 0 Å². The number of hydrogen-bond donors (Lipinski definition) is 0. The second-order valence-corrected chi connectivity index (χ2v) is 4.45. The van der Waals surface area contributed by atoms with Gasteiger partial charge in [0.25, 0.3) is 0 Å². The third-order valence-corrected chi connectivity index (χ3v) is 3.53. The van der Waals surface area contributed by atoms with Gasteiger partial charge in [0.1, 0.15) is 0 Å². The Kier molecular flexibility index (Phi) is 5.98. The Balaban J connectivity index is 4.55. The maximum absolute atomic E-state index is 11.4. The number of rotatable bonds is 6. The van der Waals surface area contributed by atoms with E-state index in [2.05, 4.69) is 0 Å². The third-order valence-electron chi connectivity index (χ3n) is 2.88. The zero-order chi connectivity index (χ0) is 10.5. The van der Waals surface area contributed by atoms with Crippen molar-refractivity contribution < 1.29 is 4.79 Å². The lowest BCUT2D eigenvalue weighted by atomic mass is 9.73. The monoisotopic (exact) mass is 224 g/mol. The van der Waals surface area contributed by atoms with Crippen LogP contribution in [-0.2, 0) is 4.79 Å². The van der Waals surface area contributed by atoms with Crippen molar-refractivity contribution in [3.63, 3.8) is 0 Å². The highest BCUT2D eigenvalue weighted by Gasteiger charge is 2.37. The van der Waals surface area contributed by atoms with E-state index in [9.17, 15) is 4.79 Å². The number of hydrogen-bond acceptors (Lipinski definition) is 1. The molecule has 0 aromatic rings. The molecular formula is C10H18Cl2O. The van der Waals surface area contributed by atoms with Crippen LogP contribution in [0.1, 0.15) is 40.0 Å². The topological polar surface area (TPSA) is 17.1 Å². The van der Waals surface area contributed by atoms with Crippen molar-refractivity contribution in [3.05, 3.63) is 0 Å². The van der Waals surface area contributed by atoms with Gasteiger partial charge in [0.05, 0.1) is 0 Å². The van der Waals surface area contributed by atoms with Crippen LogP contribution >= 0.6 is 23.2 Å². The first-order chi connectivity index (χ1) is 6.01. The molecule has 0 aliphatic heterocycles. The number of halogens is 2. The maximum Gasteiger partial charge on any atom is 0.228 e. The highest BCUT2D eigenvalue weighted by molar-refractivity contribution is 6.64. The van der Waals surface area contributed by atoms with Crippen molar-refractivity contribution in [1.29, 1.82) is 0 Å². The van der Waals surface area contributed by atoms with Gasteiger partial charge in [0.2, 0.25) is 5.24 Å². The minimum Gasteiger partial charge on any atom is -0.281 e. The van der Waals surface area contributed by atoms with Crippen LogP contribution in [-0.4, -0.2) is 11.1 Å². The van der Waals surface area contributed by atoms with Gasteiger partial charge < -0.3 is 0 Å². The highest BCUT2D eigenvalue weighted by Crippen LogP contribution is 2.38. The van der Waals surface area contributed by atoms with Gasteiger partial charge in [-0.3, -0.25) is 4.79 Å². The molecule has 78 valence electrons. The summed E-state index contributed by atoms with van der Waals surface area (Å²) in [4.78, 5) is 11.4. The molecule has 0 aromatic carbocycles. The summed E-state index contributed by atoms with van der Waals surface area (Å²) >= 11 is 11.3. The second-order valence-electron chi connectivity index (χ2n) is 3.73. The van der Waals surface area contributed by atoms with Crippen molar-refractivity contribution in [2.45, 2.75) is 40.0 Å². The zero-order valence-electron chi connectivity index (χ0n) is 8.57. The molecule has 0 rings (SSSR count). The standard InChI is InChI=1S/C10H18Cl2O/c1-4-10(8(2)3,9(12)13)6-5-7-11/h8H,4-7H2,1-3H3. The van der Waals surface area contributed by atoms with Crippen LogP contribution in [0.15, 0.2) is 0 Å². The molecule has 1 unspecified atom stereocenters. The van der Waals surface area contributed by atoms with E-state index in [1.807, 2.05) is 20.8 Å². The van der Waals surface area contributed by atoms with E-state index < -0.39 is 0 Å². The fourth-order valence-electron chi connectivity index (χ4n) is 1.72. The van der Waals surface area contributed by atoms with Crippen LogP contribution in [0.25, 0.3) is 0 Å². The Morgan fingerprint density at radius 3 is 2.23 bits per heavy atom. The number of carbonyl (C=O) groups excluding carboxylic acids is 1. The summed E-state index contributed by atoms with van der Waals surface area (Å²) in [6.07, 6.45) is 2.45. The summed E-state index contributed by atoms with van der Waals surface area (Å²) in [6.45, 7) is 6.09. The maximum atomic E-state index is 11.4. The molecule has 0 aliphatic carbocycles. The molecule has 0 aliphatic rings. The molecule has 1 atom stereocenters. The fourth-order valence-corrected chi connectivity index (χ4v) is 2.30. The van der Waals surface area contributed by atoms with Crippen LogP contribution < -0.4 is 0 Å². The van der Waals surface area contributed by atoms with Gasteiger partial charge in [0.15, 0.2) is 0 Å². The minimum atomic E-state index is -0.365. The molecule has 0 bridgehead atoms. The first kappa shape index (κ1) is 13.2. The molecule has 13 heavy (non-hydrogen) atoms. The first-order valence-corrected chi connectivity index (χ1v) is 5.68. The molecule has 0 spiro atoms. The minimum absolute atomic E-state index is 0.213. The van der Waals surface area contributed by atoms with Gasteiger partial charge in [-0.15, -0.1) is 11.6 Å². The Morgan fingerprint density at radius 2 is 2.00 bits per heavy atom. The molecule has 0 radical (unpaired) electrons. The van der Waals surface area contributed by atoms with Gasteiger partial charge >= 0.3 is 0 Å². The Morgan fingerprint density at radius 1 is 1.46 bits per heavy atom. The van der Waals surface area contributed by atoms with Crippen LogP contribution in [0, 0.1) is 11.3 Å². The van der Waals surface area contributed by atoms with E-state index in [1.165, 1.54) is 0 Å². The Bertz CT molecular complexity index is 168. The number of alkyl halides is 1. The summed E-state index contributed by atoms with van der Waals surface area (Å²) < 4.78 is 0. The molecular weight excluding hydrogens is 207 g/mol. The lowest BCUT2D eigenvalue weighted by Gasteiger charge is -2.32. The van der Waals surface area contributed by atoms with Crippen molar-refractivity contribution in [3.8, 4) is 0 Å². The average molecular weight is 225 g/mol. The predicted octanol–water partition coefficient (Wildman–Crippen LogP) is 3.82. The molecule has 0 saturated heterocycles. The van der Waals surface area contributed by atoms with Gasteiger partial charge in [0, 0.05) is 11.3 Å². The fraction of sp³-hybridized carbons (Fsp3) is 0.900. The molecule has 3 heteroatoms. The van der Waals surface area contributed by atoms with E-state index in [0.717, 1.165) is 19.3 Å². The highest BCUT2D eigenvalue weighted by atomic mass is 35.5. The van der Waals surface area contributed by atoms with E-state index in [4.69, 9.17) is 23.2 Å². The van der Waals surface area contributed by atoms with Crippen molar-refractivity contribution >= 4 is 28.4 Å². The van der Waals surface area contributed by atoms with Gasteiger partial charge in [-0.25, -0.2) is 0 Å². The van der Waals surface area contributed by atoms with E-state index in [1.54, 1.807) is 0 Å². The van der Waals surface area contributed by atoms with E-state index in [-0.39, 0.29) is 16.6 Å². The second kappa shape index (κ2) is 5.87. The Labute approximate surface area is 90.8 Å². The predicted molar refractivity (Wildman–Crippen MR) is 58.4 cm³/mol. The van der Waals surface area contributed by atoms with Crippen LogP contribution in [0.3, 0.4) is 0 Å². The molecule has 0 aromatic heterocycles. The molecule has 1 nitrogen and oxygen atoms in total. The van der Waals surface area contributed by atoms with Crippen molar-refractivity contribution in [2.24, 2.45) is 11.3 Å². The van der Waals surface area contributed by atoms with E-state index >= 15 is 0 Å². The van der Waals surface area contributed by atoms with Gasteiger partial charge in [-0.1, -0.05) is 20.8 Å². The summed E-state index contributed by atoms with van der Waals surface area (Å²) in [5.74, 6) is 0.879. The van der Waals surface area contributed by atoms with Gasteiger partial charge in [-0.05, 0) is 36.8 Å². The quantitative estimate of drug-likeness (QED) is 0.496. The summed E-state index contributed by atoms with van der Waals surface area (Å²) in [7, 11) is 0. The zero-order valence-corrected chi connectivity index (χ0v) is 10.1. The van der Waals surface area contributed by atoms with Crippen LogP contribution in [0.5, 0.6) is 0 Å². The first-order valence-electron chi connectivity index (χ1n) is 4.77. The normalized spacial score (nSPS) is 15.8. The SMILES string of the molecule is CCC(CCCCl)(C(=O)Cl)C(C)C. The van der Waals surface area contributed by atoms with E-state index in [0.29, 0.717) is 5.88 Å². The van der Waals surface area contributed by atoms with Crippen LogP contribution in [0.2, 0.25) is 0 Å². The smallest absolute Gasteiger partial charge is 0.228 e. The summed E-state index contributed by atoms with van der Waals surface area (Å²) in [5, 5.41) is -0.213. The van der Waals surface area contributed by atoms with Gasteiger partial charge in [-0.2, -0.15) is 0 Å². The summed E-state index contributed by atoms with van der Waals surface area (Å²) in [5.41, 5.74) is -0.365.